The van der Waals surface area contributed by atoms with Gasteiger partial charge in [-0.05, 0) is 11.5 Å². The molecule has 0 saturated heterocycles. The third-order valence-corrected chi connectivity index (χ3v) is 5.32. The van der Waals surface area contributed by atoms with Gasteiger partial charge in [0.2, 0.25) is 5.91 Å². The van der Waals surface area contributed by atoms with Crippen LogP contribution < -0.4 is 16.4 Å². The van der Waals surface area contributed by atoms with Crippen molar-refractivity contribution in [2.24, 2.45) is 11.7 Å². The van der Waals surface area contributed by atoms with E-state index in [-0.39, 0.29) is 11.8 Å². The molecular weight excluding hydrogens is 390 g/mol. The van der Waals surface area contributed by atoms with Crippen LogP contribution in [0.3, 0.4) is 0 Å². The van der Waals surface area contributed by atoms with E-state index in [0.29, 0.717) is 13.1 Å². The fourth-order valence-electron chi connectivity index (χ4n) is 3.43. The Labute approximate surface area is 182 Å². The fourth-order valence-corrected chi connectivity index (χ4v) is 3.43. The number of hydrogen-bond acceptors (Lipinski definition) is 3. The van der Waals surface area contributed by atoms with Crippen molar-refractivity contribution in [2.75, 3.05) is 0 Å². The van der Waals surface area contributed by atoms with Crippen LogP contribution in [0.1, 0.15) is 31.4 Å². The van der Waals surface area contributed by atoms with Gasteiger partial charge in [-0.3, -0.25) is 9.48 Å². The molecule has 3 aromatic rings. The minimum Gasteiger partial charge on any atom is -0.352 e. The van der Waals surface area contributed by atoms with E-state index in [2.05, 4.69) is 22.8 Å². The second kappa shape index (κ2) is 10.4. The molecule has 0 aliphatic heterocycles. The molecule has 0 radical (unpaired) electrons. The van der Waals surface area contributed by atoms with Gasteiger partial charge in [0.25, 0.3) is 0 Å². The predicted molar refractivity (Wildman–Crippen MR) is 121 cm³/mol. The smallest absolute Gasteiger partial charge is 0.312 e. The van der Waals surface area contributed by atoms with E-state index in [1.807, 2.05) is 73.3 Å². The zero-order valence-corrected chi connectivity index (χ0v) is 17.9. The van der Waals surface area contributed by atoms with Crippen LogP contribution in [0.25, 0.3) is 11.3 Å². The molecule has 7 heteroatoms. The van der Waals surface area contributed by atoms with Gasteiger partial charge in [-0.15, -0.1) is 0 Å². The quantitative estimate of drug-likeness (QED) is 0.496. The summed E-state index contributed by atoms with van der Waals surface area (Å²) in [6.45, 7) is 4.81. The van der Waals surface area contributed by atoms with E-state index in [1.165, 1.54) is 0 Å². The summed E-state index contributed by atoms with van der Waals surface area (Å²) in [6.07, 6.45) is 2.69. The summed E-state index contributed by atoms with van der Waals surface area (Å²) in [5.74, 6) is -0.301. The molecule has 7 nitrogen and oxygen atoms in total. The molecule has 3 amide bonds. The highest BCUT2D eigenvalue weighted by Crippen LogP contribution is 2.22. The monoisotopic (exact) mass is 419 g/mol. The van der Waals surface area contributed by atoms with Crippen LogP contribution in [0.4, 0.5) is 4.79 Å². The molecule has 0 aliphatic carbocycles. The van der Waals surface area contributed by atoms with E-state index >= 15 is 0 Å². The van der Waals surface area contributed by atoms with Crippen molar-refractivity contribution < 1.29 is 9.59 Å². The number of rotatable bonds is 9. The minimum atomic E-state index is -0.707. The van der Waals surface area contributed by atoms with Crippen molar-refractivity contribution in [2.45, 2.75) is 39.4 Å². The Morgan fingerprint density at radius 3 is 2.32 bits per heavy atom. The van der Waals surface area contributed by atoms with Crippen molar-refractivity contribution in [3.8, 4) is 11.3 Å². The van der Waals surface area contributed by atoms with Crippen LogP contribution in [-0.2, 0) is 17.9 Å². The molecule has 0 saturated carbocycles. The molecule has 3 rings (SSSR count). The number of carbonyl (C=O) groups is 2. The number of urea groups is 1. The maximum Gasteiger partial charge on any atom is 0.312 e. The van der Waals surface area contributed by atoms with Crippen LogP contribution in [0.2, 0.25) is 0 Å². The van der Waals surface area contributed by atoms with Gasteiger partial charge >= 0.3 is 6.03 Å². The van der Waals surface area contributed by atoms with Gasteiger partial charge in [-0.2, -0.15) is 5.10 Å². The SMILES string of the molecule is CC[C@@H](C)[C@H](NC(N)=O)C(=O)NCc1cn(Cc2ccccc2)nc1-c1ccccc1. The predicted octanol–water partition coefficient (Wildman–Crippen LogP) is 3.30. The number of nitrogens with one attached hydrogen (secondary N) is 2. The summed E-state index contributed by atoms with van der Waals surface area (Å²) in [5.41, 5.74) is 9.10. The number of aromatic nitrogens is 2. The lowest BCUT2D eigenvalue weighted by Crippen LogP contribution is -2.51. The van der Waals surface area contributed by atoms with Gasteiger partial charge in [-0.25, -0.2) is 4.79 Å². The average Bonchev–Trinajstić information content (AvgIpc) is 3.19. The summed E-state index contributed by atoms with van der Waals surface area (Å²) in [4.78, 5) is 24.1. The molecule has 0 bridgehead atoms. The Kier molecular flexibility index (Phi) is 7.43. The van der Waals surface area contributed by atoms with Gasteiger partial charge < -0.3 is 16.4 Å². The number of hydrogen-bond donors (Lipinski definition) is 3. The zero-order chi connectivity index (χ0) is 22.2. The first-order valence-electron chi connectivity index (χ1n) is 10.5. The molecule has 1 aromatic heterocycles. The van der Waals surface area contributed by atoms with Gasteiger partial charge in [0, 0.05) is 23.9 Å². The lowest BCUT2D eigenvalue weighted by Gasteiger charge is -2.22. The standard InChI is InChI=1S/C24H29N5O2/c1-3-17(2)21(27-24(25)31)23(30)26-14-20-16-29(15-18-10-6-4-7-11-18)28-22(20)19-12-8-5-9-13-19/h4-13,16-17,21H,3,14-15H2,1-2H3,(H,26,30)(H3,25,27,31)/t17-,21+/m1/s1. The third-order valence-electron chi connectivity index (χ3n) is 5.32. The molecule has 0 spiro atoms. The highest BCUT2D eigenvalue weighted by atomic mass is 16.2. The van der Waals surface area contributed by atoms with Crippen molar-refractivity contribution in [3.63, 3.8) is 0 Å². The van der Waals surface area contributed by atoms with Crippen LogP contribution in [-0.4, -0.2) is 27.8 Å². The van der Waals surface area contributed by atoms with Gasteiger partial charge in [0.1, 0.15) is 6.04 Å². The van der Waals surface area contributed by atoms with E-state index in [4.69, 9.17) is 10.8 Å². The molecule has 0 aliphatic rings. The van der Waals surface area contributed by atoms with Gasteiger partial charge in [-0.1, -0.05) is 80.9 Å². The van der Waals surface area contributed by atoms with E-state index in [1.54, 1.807) is 0 Å². The Morgan fingerprint density at radius 2 is 1.71 bits per heavy atom. The van der Waals surface area contributed by atoms with E-state index < -0.39 is 12.1 Å². The largest absolute Gasteiger partial charge is 0.352 e. The normalized spacial score (nSPS) is 12.7. The second-order valence-corrected chi connectivity index (χ2v) is 7.64. The number of carbonyl (C=O) groups excluding carboxylic acids is 2. The molecule has 1 heterocycles. The summed E-state index contributed by atoms with van der Waals surface area (Å²) < 4.78 is 1.88. The van der Waals surface area contributed by atoms with Gasteiger partial charge in [0.05, 0.1) is 12.2 Å². The first-order chi connectivity index (χ1) is 15.0. The number of primary amides is 1. The molecule has 4 N–H and O–H groups in total. The Bertz CT molecular complexity index is 1000. The number of nitrogens with two attached hydrogens (primary N) is 1. The lowest BCUT2D eigenvalue weighted by atomic mass is 9.98. The molecule has 31 heavy (non-hydrogen) atoms. The van der Waals surface area contributed by atoms with E-state index in [0.717, 1.165) is 28.8 Å². The first kappa shape index (κ1) is 22.1. The van der Waals surface area contributed by atoms with Crippen molar-refractivity contribution >= 4 is 11.9 Å². The van der Waals surface area contributed by atoms with Crippen LogP contribution in [0.15, 0.2) is 66.9 Å². The topological polar surface area (TPSA) is 102 Å². The average molecular weight is 420 g/mol. The second-order valence-electron chi connectivity index (χ2n) is 7.64. The van der Waals surface area contributed by atoms with E-state index in [9.17, 15) is 9.59 Å². The maximum absolute atomic E-state index is 12.8. The highest BCUT2D eigenvalue weighted by molar-refractivity contribution is 5.86. The van der Waals surface area contributed by atoms with Crippen LogP contribution >= 0.6 is 0 Å². The molecule has 0 fully saturated rings. The number of amides is 3. The molecular formula is C24H29N5O2. The fraction of sp³-hybridized carbons (Fsp3) is 0.292. The number of nitrogens with zero attached hydrogens (tertiary/aromatic N) is 2. The number of benzene rings is 2. The van der Waals surface area contributed by atoms with Crippen molar-refractivity contribution in [3.05, 3.63) is 78.0 Å². The van der Waals surface area contributed by atoms with Crippen molar-refractivity contribution in [1.82, 2.24) is 20.4 Å². The highest BCUT2D eigenvalue weighted by Gasteiger charge is 2.25. The molecule has 2 atom stereocenters. The Balaban J connectivity index is 1.81. The van der Waals surface area contributed by atoms with Crippen LogP contribution in [0, 0.1) is 5.92 Å². The molecule has 162 valence electrons. The van der Waals surface area contributed by atoms with Crippen molar-refractivity contribution in [1.29, 1.82) is 0 Å². The summed E-state index contributed by atoms with van der Waals surface area (Å²) in [7, 11) is 0. The minimum absolute atomic E-state index is 0.0399. The summed E-state index contributed by atoms with van der Waals surface area (Å²) in [6, 6.07) is 18.6. The first-order valence-corrected chi connectivity index (χ1v) is 10.5. The lowest BCUT2D eigenvalue weighted by molar-refractivity contribution is -0.124. The summed E-state index contributed by atoms with van der Waals surface area (Å²) >= 11 is 0. The van der Waals surface area contributed by atoms with Crippen LogP contribution in [0.5, 0.6) is 0 Å². The molecule has 2 aromatic carbocycles. The Hall–Kier alpha value is -3.61. The molecule has 0 unspecified atom stereocenters. The third kappa shape index (κ3) is 5.94. The van der Waals surface area contributed by atoms with Gasteiger partial charge in [0.15, 0.2) is 0 Å². The summed E-state index contributed by atoms with van der Waals surface area (Å²) in [5, 5.41) is 10.3. The maximum atomic E-state index is 12.8. The zero-order valence-electron chi connectivity index (χ0n) is 17.9. The Morgan fingerprint density at radius 1 is 1.06 bits per heavy atom.